The molecular weight excluding hydrogens is 196 g/mol. The maximum atomic E-state index is 10.5. The van der Waals surface area contributed by atoms with Gasteiger partial charge >= 0.3 is 0 Å². The molecule has 0 spiro atoms. The Bertz CT molecular complexity index is 334. The Kier molecular flexibility index (Phi) is 1.86. The van der Waals surface area contributed by atoms with Gasteiger partial charge in [-0.2, -0.15) is 0 Å². The van der Waals surface area contributed by atoms with E-state index >= 15 is 0 Å². The SMILES string of the molecule is CC1(C)CCC[C@]2(C)[C@@]13CC[C@@]2(C)[C@H](O)C3. The lowest BCUT2D eigenvalue weighted by Crippen LogP contribution is -2.49. The summed E-state index contributed by atoms with van der Waals surface area (Å²) in [6.07, 6.45) is 7.65. The van der Waals surface area contributed by atoms with Crippen LogP contribution in [0.1, 0.15) is 66.2 Å². The average molecular weight is 222 g/mol. The third-order valence-corrected chi connectivity index (χ3v) is 7.44. The monoisotopic (exact) mass is 222 g/mol. The van der Waals surface area contributed by atoms with Gasteiger partial charge in [0, 0.05) is 0 Å². The van der Waals surface area contributed by atoms with E-state index in [0.717, 1.165) is 6.42 Å². The first-order valence-corrected chi connectivity index (χ1v) is 6.97. The fourth-order valence-electron chi connectivity index (χ4n) is 6.00. The molecule has 0 heterocycles. The van der Waals surface area contributed by atoms with Crippen LogP contribution in [0.5, 0.6) is 0 Å². The quantitative estimate of drug-likeness (QED) is 0.662. The largest absolute Gasteiger partial charge is 0.393 e. The lowest BCUT2D eigenvalue weighted by atomic mass is 9.47. The Hall–Kier alpha value is -0.0400. The molecule has 0 saturated heterocycles. The van der Waals surface area contributed by atoms with Crippen LogP contribution in [0.3, 0.4) is 0 Å². The molecule has 2 bridgehead atoms. The molecule has 3 fully saturated rings. The van der Waals surface area contributed by atoms with Gasteiger partial charge in [0.2, 0.25) is 0 Å². The highest BCUT2D eigenvalue weighted by Crippen LogP contribution is 2.80. The van der Waals surface area contributed by atoms with Crippen molar-refractivity contribution in [1.82, 2.24) is 0 Å². The average Bonchev–Trinajstić information content (AvgIpc) is 2.50. The molecule has 1 N–H and O–H groups in total. The van der Waals surface area contributed by atoms with E-state index in [9.17, 15) is 5.11 Å². The van der Waals surface area contributed by atoms with Crippen molar-refractivity contribution in [1.29, 1.82) is 0 Å². The van der Waals surface area contributed by atoms with Crippen molar-refractivity contribution in [2.75, 3.05) is 0 Å². The molecule has 1 heteroatoms. The van der Waals surface area contributed by atoms with Crippen LogP contribution in [0.15, 0.2) is 0 Å². The summed E-state index contributed by atoms with van der Waals surface area (Å²) < 4.78 is 0. The smallest absolute Gasteiger partial charge is 0.0604 e. The van der Waals surface area contributed by atoms with Crippen molar-refractivity contribution in [2.24, 2.45) is 21.7 Å². The minimum absolute atomic E-state index is 0.0522. The van der Waals surface area contributed by atoms with Crippen molar-refractivity contribution in [3.8, 4) is 0 Å². The van der Waals surface area contributed by atoms with E-state index in [4.69, 9.17) is 0 Å². The second kappa shape index (κ2) is 2.68. The summed E-state index contributed by atoms with van der Waals surface area (Å²) >= 11 is 0. The highest BCUT2D eigenvalue weighted by Gasteiger charge is 2.75. The third kappa shape index (κ3) is 0.836. The van der Waals surface area contributed by atoms with Gasteiger partial charge in [0.15, 0.2) is 0 Å². The molecule has 0 radical (unpaired) electrons. The molecule has 3 rings (SSSR count). The zero-order chi connectivity index (χ0) is 11.8. The summed E-state index contributed by atoms with van der Waals surface area (Å²) in [5.74, 6) is 0. The topological polar surface area (TPSA) is 20.2 Å². The van der Waals surface area contributed by atoms with Gasteiger partial charge in [0.05, 0.1) is 6.10 Å². The Morgan fingerprint density at radius 3 is 2.19 bits per heavy atom. The molecule has 92 valence electrons. The van der Waals surface area contributed by atoms with Crippen LogP contribution < -0.4 is 0 Å². The number of rotatable bonds is 0. The van der Waals surface area contributed by atoms with E-state index in [-0.39, 0.29) is 11.5 Å². The molecule has 0 aliphatic heterocycles. The molecule has 4 atom stereocenters. The molecule has 3 aliphatic rings. The number of aliphatic hydroxyl groups excluding tert-OH is 1. The highest BCUT2D eigenvalue weighted by molar-refractivity contribution is 5.24. The number of hydrogen-bond acceptors (Lipinski definition) is 1. The fraction of sp³-hybridized carbons (Fsp3) is 1.00. The summed E-state index contributed by atoms with van der Waals surface area (Å²) in [6.45, 7) is 9.74. The van der Waals surface area contributed by atoms with E-state index in [0.29, 0.717) is 16.2 Å². The van der Waals surface area contributed by atoms with Gasteiger partial charge in [-0.05, 0) is 53.8 Å². The van der Waals surface area contributed by atoms with Gasteiger partial charge in [0.25, 0.3) is 0 Å². The van der Waals surface area contributed by atoms with E-state index < -0.39 is 0 Å². The minimum atomic E-state index is -0.0522. The van der Waals surface area contributed by atoms with Crippen LogP contribution in [-0.2, 0) is 0 Å². The maximum absolute atomic E-state index is 10.5. The van der Waals surface area contributed by atoms with Crippen molar-refractivity contribution in [3.63, 3.8) is 0 Å². The second-order valence-corrected chi connectivity index (χ2v) is 7.79. The van der Waals surface area contributed by atoms with Crippen LogP contribution in [0, 0.1) is 21.7 Å². The molecule has 1 nitrogen and oxygen atoms in total. The predicted molar refractivity (Wildman–Crippen MR) is 66.1 cm³/mol. The molecule has 0 aromatic heterocycles. The first-order valence-electron chi connectivity index (χ1n) is 6.97. The Morgan fingerprint density at radius 2 is 1.62 bits per heavy atom. The first-order chi connectivity index (χ1) is 7.29. The van der Waals surface area contributed by atoms with Gasteiger partial charge in [-0.1, -0.05) is 34.1 Å². The normalized spacial score (nSPS) is 58.7. The van der Waals surface area contributed by atoms with Crippen LogP contribution in [0.2, 0.25) is 0 Å². The summed E-state index contributed by atoms with van der Waals surface area (Å²) in [5.41, 5.74) is 1.44. The lowest BCUT2D eigenvalue weighted by molar-refractivity contribution is -0.0830. The molecule has 16 heavy (non-hydrogen) atoms. The van der Waals surface area contributed by atoms with E-state index in [1.165, 1.54) is 32.1 Å². The van der Waals surface area contributed by atoms with E-state index in [1.807, 2.05) is 0 Å². The molecular formula is C15H26O. The summed E-state index contributed by atoms with van der Waals surface area (Å²) in [6, 6.07) is 0. The summed E-state index contributed by atoms with van der Waals surface area (Å²) in [4.78, 5) is 0. The summed E-state index contributed by atoms with van der Waals surface area (Å²) in [7, 11) is 0. The minimum Gasteiger partial charge on any atom is -0.393 e. The zero-order valence-corrected chi connectivity index (χ0v) is 11.3. The molecule has 3 aliphatic carbocycles. The van der Waals surface area contributed by atoms with Crippen LogP contribution in [0.25, 0.3) is 0 Å². The second-order valence-electron chi connectivity index (χ2n) is 7.79. The first kappa shape index (κ1) is 11.1. The Morgan fingerprint density at radius 1 is 0.938 bits per heavy atom. The van der Waals surface area contributed by atoms with Crippen molar-refractivity contribution in [3.05, 3.63) is 0 Å². The fourth-order valence-corrected chi connectivity index (χ4v) is 6.00. The molecule has 0 unspecified atom stereocenters. The van der Waals surface area contributed by atoms with Crippen LogP contribution >= 0.6 is 0 Å². The zero-order valence-electron chi connectivity index (χ0n) is 11.3. The molecule has 0 aromatic carbocycles. The number of hydrogen-bond donors (Lipinski definition) is 1. The van der Waals surface area contributed by atoms with Gasteiger partial charge in [-0.3, -0.25) is 0 Å². The van der Waals surface area contributed by atoms with Crippen LogP contribution in [0.4, 0.5) is 0 Å². The summed E-state index contributed by atoms with van der Waals surface area (Å²) in [5, 5.41) is 10.5. The van der Waals surface area contributed by atoms with Gasteiger partial charge in [0.1, 0.15) is 0 Å². The number of aliphatic hydroxyl groups is 1. The molecule has 3 saturated carbocycles. The molecule has 0 amide bonds. The van der Waals surface area contributed by atoms with Gasteiger partial charge in [-0.25, -0.2) is 0 Å². The third-order valence-electron chi connectivity index (χ3n) is 7.44. The standard InChI is InChI=1S/C15H26O/c1-12(2)6-5-7-14(4)13(3)8-9-15(12,14)10-11(13)16/h11,16H,5-10H2,1-4H3/t11-,13+,14+,15-/m1/s1. The van der Waals surface area contributed by atoms with E-state index in [2.05, 4.69) is 27.7 Å². The predicted octanol–water partition coefficient (Wildman–Crippen LogP) is 3.75. The van der Waals surface area contributed by atoms with Crippen molar-refractivity contribution < 1.29 is 5.11 Å². The Labute approximate surface area is 99.6 Å². The van der Waals surface area contributed by atoms with Gasteiger partial charge in [-0.15, -0.1) is 0 Å². The highest BCUT2D eigenvalue weighted by atomic mass is 16.3. The van der Waals surface area contributed by atoms with E-state index in [1.54, 1.807) is 0 Å². The Balaban J connectivity index is 2.18. The van der Waals surface area contributed by atoms with Gasteiger partial charge < -0.3 is 5.11 Å². The maximum Gasteiger partial charge on any atom is 0.0604 e. The van der Waals surface area contributed by atoms with Crippen LogP contribution in [-0.4, -0.2) is 11.2 Å². The van der Waals surface area contributed by atoms with Crippen molar-refractivity contribution in [2.45, 2.75) is 72.3 Å². The molecule has 0 aromatic rings. The lowest BCUT2D eigenvalue weighted by Gasteiger charge is -2.57. The van der Waals surface area contributed by atoms with Crippen molar-refractivity contribution >= 4 is 0 Å².